The van der Waals surface area contributed by atoms with Gasteiger partial charge in [-0.2, -0.15) is 5.26 Å². The molecule has 7 nitrogen and oxygen atoms in total. The summed E-state index contributed by atoms with van der Waals surface area (Å²) in [5.74, 6) is 0.362. The van der Waals surface area contributed by atoms with Crippen molar-refractivity contribution in [3.8, 4) is 11.8 Å². The van der Waals surface area contributed by atoms with Crippen LogP contribution in [-0.2, 0) is 22.5 Å². The number of hydrogen-bond donors (Lipinski definition) is 1. The minimum absolute atomic E-state index is 0.338. The molecule has 3 rings (SSSR count). The predicted octanol–water partition coefficient (Wildman–Crippen LogP) is 4.96. The van der Waals surface area contributed by atoms with Crippen LogP contribution >= 0.6 is 11.3 Å². The molecule has 1 aliphatic rings. The molecule has 0 saturated carbocycles. The number of nitrogens with one attached hydrogen (secondary N) is 1. The van der Waals surface area contributed by atoms with E-state index >= 15 is 0 Å². The van der Waals surface area contributed by atoms with Crippen molar-refractivity contribution in [2.45, 2.75) is 46.3 Å². The van der Waals surface area contributed by atoms with Crippen LogP contribution in [0, 0.1) is 11.3 Å². The van der Waals surface area contributed by atoms with Gasteiger partial charge in [0, 0.05) is 23.1 Å². The molecule has 0 spiro atoms. The molecule has 1 aliphatic heterocycles. The minimum atomic E-state index is -0.573. The Kier molecular flexibility index (Phi) is 7.21. The molecule has 0 saturated heterocycles. The molecule has 1 aromatic carbocycles. The second-order valence-electron chi connectivity index (χ2n) is 8.27. The number of amides is 2. The standard InChI is InChI=1S/C24H27N3O4S/c1-5-30-19-9-7-6-8-16(19)10-11-21(28)26-22-18(14-25)17-12-13-27(15-20(17)32-22)23(29)31-24(2,3)4/h6-11H,5,12-13,15H2,1-4H3,(H,26,28)/b11-10+. The molecular formula is C24H27N3O4S. The largest absolute Gasteiger partial charge is 0.493 e. The van der Waals surface area contributed by atoms with Crippen molar-refractivity contribution in [2.75, 3.05) is 18.5 Å². The quantitative estimate of drug-likeness (QED) is 0.646. The maximum atomic E-state index is 12.5. The number of ether oxygens (including phenoxy) is 2. The molecule has 0 aliphatic carbocycles. The Hall–Kier alpha value is -3.31. The summed E-state index contributed by atoms with van der Waals surface area (Å²) in [5, 5.41) is 13.0. The average molecular weight is 454 g/mol. The maximum Gasteiger partial charge on any atom is 0.410 e. The van der Waals surface area contributed by atoms with Crippen LogP contribution in [0.1, 0.15) is 49.3 Å². The average Bonchev–Trinajstić information content (AvgIpc) is 3.08. The first-order valence-corrected chi connectivity index (χ1v) is 11.3. The second-order valence-corrected chi connectivity index (χ2v) is 9.37. The van der Waals surface area contributed by atoms with Gasteiger partial charge < -0.3 is 19.7 Å². The van der Waals surface area contributed by atoms with E-state index in [4.69, 9.17) is 9.47 Å². The highest BCUT2D eigenvalue weighted by Gasteiger charge is 2.29. The molecule has 1 aromatic heterocycles. The Labute approximate surface area is 192 Å². The van der Waals surface area contributed by atoms with Crippen molar-refractivity contribution in [2.24, 2.45) is 0 Å². The zero-order valence-electron chi connectivity index (χ0n) is 18.7. The number of carbonyl (C=O) groups is 2. The highest BCUT2D eigenvalue weighted by Crippen LogP contribution is 2.37. The number of fused-ring (bicyclic) bond motifs is 1. The van der Waals surface area contributed by atoms with E-state index in [1.165, 1.54) is 17.4 Å². The Balaban J connectivity index is 1.73. The molecule has 8 heteroatoms. The van der Waals surface area contributed by atoms with Gasteiger partial charge in [0.05, 0.1) is 18.7 Å². The van der Waals surface area contributed by atoms with Gasteiger partial charge in [-0.05, 0) is 51.8 Å². The van der Waals surface area contributed by atoms with Crippen molar-refractivity contribution < 1.29 is 19.1 Å². The fraction of sp³-hybridized carbons (Fsp3) is 0.375. The lowest BCUT2D eigenvalue weighted by Crippen LogP contribution is -2.39. The Morgan fingerprint density at radius 3 is 2.75 bits per heavy atom. The van der Waals surface area contributed by atoms with Gasteiger partial charge in [0.2, 0.25) is 5.91 Å². The lowest BCUT2D eigenvalue weighted by atomic mass is 10.0. The van der Waals surface area contributed by atoms with Crippen molar-refractivity contribution in [3.05, 3.63) is 51.9 Å². The number of benzene rings is 1. The van der Waals surface area contributed by atoms with Gasteiger partial charge in [0.25, 0.3) is 0 Å². The van der Waals surface area contributed by atoms with Gasteiger partial charge in [-0.15, -0.1) is 11.3 Å². The van der Waals surface area contributed by atoms with E-state index in [1.807, 2.05) is 52.0 Å². The number of anilines is 1. The first kappa shape index (κ1) is 23.4. The van der Waals surface area contributed by atoms with E-state index in [2.05, 4.69) is 11.4 Å². The number of nitrogens with zero attached hydrogens (tertiary/aromatic N) is 2. The number of carbonyl (C=O) groups excluding carboxylic acids is 2. The summed E-state index contributed by atoms with van der Waals surface area (Å²) in [4.78, 5) is 27.5. The molecule has 1 N–H and O–H groups in total. The number of para-hydroxylation sites is 1. The number of hydrogen-bond acceptors (Lipinski definition) is 6. The van der Waals surface area contributed by atoms with Gasteiger partial charge in [-0.3, -0.25) is 4.79 Å². The highest BCUT2D eigenvalue weighted by molar-refractivity contribution is 7.16. The molecule has 168 valence electrons. The summed E-state index contributed by atoms with van der Waals surface area (Å²) in [7, 11) is 0. The van der Waals surface area contributed by atoms with E-state index < -0.39 is 5.60 Å². The van der Waals surface area contributed by atoms with Crippen molar-refractivity contribution in [3.63, 3.8) is 0 Å². The third-order valence-corrected chi connectivity index (χ3v) is 5.82. The Morgan fingerprint density at radius 1 is 1.31 bits per heavy atom. The van der Waals surface area contributed by atoms with Gasteiger partial charge in [-0.1, -0.05) is 18.2 Å². The topological polar surface area (TPSA) is 91.7 Å². The van der Waals surface area contributed by atoms with Crippen molar-refractivity contribution in [1.82, 2.24) is 4.90 Å². The third kappa shape index (κ3) is 5.68. The molecule has 0 fully saturated rings. The Morgan fingerprint density at radius 2 is 2.06 bits per heavy atom. The zero-order chi connectivity index (χ0) is 23.3. The minimum Gasteiger partial charge on any atom is -0.493 e. The highest BCUT2D eigenvalue weighted by atomic mass is 32.1. The van der Waals surface area contributed by atoms with Crippen LogP contribution in [0.3, 0.4) is 0 Å². The molecule has 0 bridgehead atoms. The van der Waals surface area contributed by atoms with E-state index in [1.54, 1.807) is 11.0 Å². The zero-order valence-corrected chi connectivity index (χ0v) is 19.5. The normalized spacial score (nSPS) is 13.4. The van der Waals surface area contributed by atoms with Gasteiger partial charge in [0.15, 0.2) is 0 Å². The predicted molar refractivity (Wildman–Crippen MR) is 125 cm³/mol. The summed E-state index contributed by atoms with van der Waals surface area (Å²) < 4.78 is 11.0. The fourth-order valence-corrected chi connectivity index (χ4v) is 4.53. The lowest BCUT2D eigenvalue weighted by Gasteiger charge is -2.29. The van der Waals surface area contributed by atoms with Crippen LogP contribution in [0.25, 0.3) is 6.08 Å². The maximum absolute atomic E-state index is 12.5. The smallest absolute Gasteiger partial charge is 0.410 e. The van der Waals surface area contributed by atoms with Crippen LogP contribution in [-0.4, -0.2) is 35.7 Å². The lowest BCUT2D eigenvalue weighted by molar-refractivity contribution is -0.111. The first-order chi connectivity index (χ1) is 15.2. The summed E-state index contributed by atoms with van der Waals surface area (Å²) in [5.41, 5.74) is 1.57. The molecule has 0 atom stereocenters. The van der Waals surface area contributed by atoms with Crippen LogP contribution in [0.2, 0.25) is 0 Å². The first-order valence-electron chi connectivity index (χ1n) is 10.4. The summed E-state index contributed by atoms with van der Waals surface area (Å²) >= 11 is 1.32. The molecule has 2 amide bonds. The van der Waals surface area contributed by atoms with E-state index in [0.29, 0.717) is 42.4 Å². The van der Waals surface area contributed by atoms with Crippen LogP contribution in [0.15, 0.2) is 30.3 Å². The SMILES string of the molecule is CCOc1ccccc1/C=C/C(=O)Nc1sc2c(c1C#N)CCN(C(=O)OC(C)(C)C)C2. The summed E-state index contributed by atoms with van der Waals surface area (Å²) in [6, 6.07) is 9.67. The fourth-order valence-electron chi connectivity index (χ4n) is 3.32. The molecule has 0 unspecified atom stereocenters. The number of rotatable bonds is 5. The number of nitriles is 1. The monoisotopic (exact) mass is 453 g/mol. The molecular weight excluding hydrogens is 426 g/mol. The van der Waals surface area contributed by atoms with Gasteiger partial charge in [0.1, 0.15) is 22.4 Å². The van der Waals surface area contributed by atoms with E-state index in [9.17, 15) is 14.9 Å². The summed E-state index contributed by atoms with van der Waals surface area (Å²) in [6.07, 6.45) is 3.27. The van der Waals surface area contributed by atoms with Crippen LogP contribution in [0.5, 0.6) is 5.75 Å². The molecule has 2 heterocycles. The van der Waals surface area contributed by atoms with Crippen LogP contribution in [0.4, 0.5) is 9.80 Å². The second kappa shape index (κ2) is 9.88. The molecule has 2 aromatic rings. The third-order valence-electron chi connectivity index (χ3n) is 4.69. The van der Waals surface area contributed by atoms with Crippen LogP contribution < -0.4 is 10.1 Å². The van der Waals surface area contributed by atoms with Crippen molar-refractivity contribution in [1.29, 1.82) is 5.26 Å². The summed E-state index contributed by atoms with van der Waals surface area (Å²) in [6.45, 7) is 8.74. The van der Waals surface area contributed by atoms with E-state index in [0.717, 1.165) is 16.0 Å². The molecule has 32 heavy (non-hydrogen) atoms. The van der Waals surface area contributed by atoms with Gasteiger partial charge >= 0.3 is 6.09 Å². The number of thiophene rings is 1. The van der Waals surface area contributed by atoms with E-state index in [-0.39, 0.29) is 12.0 Å². The van der Waals surface area contributed by atoms with Crippen molar-refractivity contribution >= 4 is 34.4 Å². The Bertz CT molecular complexity index is 1080. The van der Waals surface area contributed by atoms with Gasteiger partial charge in [-0.25, -0.2) is 4.79 Å². The molecule has 0 radical (unpaired) electrons.